The Morgan fingerprint density at radius 2 is 1.89 bits per heavy atom. The third kappa shape index (κ3) is 3.59. The zero-order valence-electron chi connectivity index (χ0n) is 11.5. The molecule has 1 aromatic heterocycles. The summed E-state index contributed by atoms with van der Waals surface area (Å²) in [6, 6.07) is 3.92. The van der Waals surface area contributed by atoms with E-state index >= 15 is 0 Å². The number of hydrogen-bond acceptors (Lipinski definition) is 3. The van der Waals surface area contributed by atoms with Crippen molar-refractivity contribution in [1.29, 1.82) is 0 Å². The van der Waals surface area contributed by atoms with Gasteiger partial charge in [0.2, 0.25) is 0 Å². The molecule has 0 radical (unpaired) electrons. The minimum absolute atomic E-state index is 0.0428. The molecule has 0 aliphatic heterocycles. The number of aryl methyl sites for hydroxylation is 1. The first kappa shape index (κ1) is 13.6. The van der Waals surface area contributed by atoms with Gasteiger partial charge in [-0.15, -0.1) is 0 Å². The smallest absolute Gasteiger partial charge is 0.134 e. The van der Waals surface area contributed by atoms with E-state index in [4.69, 9.17) is 14.9 Å². The number of ether oxygens (including phenoxy) is 1. The molecule has 2 atom stereocenters. The molecule has 2 N–H and O–H groups in total. The van der Waals surface area contributed by atoms with E-state index in [9.17, 15) is 0 Å². The lowest BCUT2D eigenvalue weighted by Gasteiger charge is -2.25. The maximum Gasteiger partial charge on any atom is 0.134 e. The van der Waals surface area contributed by atoms with Crippen molar-refractivity contribution < 1.29 is 9.15 Å². The molecular weight excluding hydrogens is 226 g/mol. The first-order chi connectivity index (χ1) is 8.66. The third-order valence-corrected chi connectivity index (χ3v) is 3.66. The van der Waals surface area contributed by atoms with E-state index in [1.807, 2.05) is 26.0 Å². The predicted octanol–water partition coefficient (Wildman–Crippen LogP) is 3.72. The van der Waals surface area contributed by atoms with Gasteiger partial charge in [-0.3, -0.25) is 0 Å². The minimum Gasteiger partial charge on any atom is -0.464 e. The fraction of sp³-hybridized carbons (Fsp3) is 0.733. The monoisotopic (exact) mass is 251 g/mol. The van der Waals surface area contributed by atoms with Crippen LogP contribution in [-0.2, 0) is 4.74 Å². The Bertz CT molecular complexity index is 351. The van der Waals surface area contributed by atoms with Crippen LogP contribution in [0.25, 0.3) is 0 Å². The van der Waals surface area contributed by atoms with Crippen molar-refractivity contribution in [2.45, 2.75) is 70.6 Å². The van der Waals surface area contributed by atoms with E-state index < -0.39 is 0 Å². The standard InChI is InChI=1S/C15H25NO2/c1-11-9-10-14(17-11)15(12(2)16)18-13-7-5-3-4-6-8-13/h9-10,12-13,15H,3-8,16H2,1-2H3. The Hall–Kier alpha value is -0.800. The van der Waals surface area contributed by atoms with Crippen LogP contribution in [0.3, 0.4) is 0 Å². The lowest BCUT2D eigenvalue weighted by molar-refractivity contribution is -0.0412. The highest BCUT2D eigenvalue weighted by molar-refractivity contribution is 5.10. The van der Waals surface area contributed by atoms with Gasteiger partial charge < -0.3 is 14.9 Å². The minimum atomic E-state index is -0.109. The summed E-state index contributed by atoms with van der Waals surface area (Å²) >= 11 is 0. The van der Waals surface area contributed by atoms with Gasteiger partial charge in [-0.2, -0.15) is 0 Å². The van der Waals surface area contributed by atoms with Gasteiger partial charge in [-0.25, -0.2) is 0 Å². The average Bonchev–Trinajstić information content (AvgIpc) is 2.61. The van der Waals surface area contributed by atoms with E-state index in [1.54, 1.807) is 0 Å². The third-order valence-electron chi connectivity index (χ3n) is 3.66. The second kappa shape index (κ2) is 6.39. The van der Waals surface area contributed by atoms with Crippen LogP contribution in [0.15, 0.2) is 16.5 Å². The van der Waals surface area contributed by atoms with Crippen LogP contribution >= 0.6 is 0 Å². The van der Waals surface area contributed by atoms with Gasteiger partial charge in [0.05, 0.1) is 6.10 Å². The van der Waals surface area contributed by atoms with Gasteiger partial charge in [0.15, 0.2) is 0 Å². The topological polar surface area (TPSA) is 48.4 Å². The molecule has 1 fully saturated rings. The Morgan fingerprint density at radius 3 is 2.39 bits per heavy atom. The Kier molecular flexibility index (Phi) is 4.84. The summed E-state index contributed by atoms with van der Waals surface area (Å²) in [5.41, 5.74) is 6.05. The molecule has 1 aliphatic rings. The lowest BCUT2D eigenvalue weighted by Crippen LogP contribution is -2.30. The van der Waals surface area contributed by atoms with Gasteiger partial charge in [0.25, 0.3) is 0 Å². The van der Waals surface area contributed by atoms with Gasteiger partial charge >= 0.3 is 0 Å². The fourth-order valence-corrected chi connectivity index (χ4v) is 2.64. The number of nitrogens with two attached hydrogens (primary N) is 1. The Labute approximate surface area is 110 Å². The summed E-state index contributed by atoms with van der Waals surface area (Å²) in [5, 5.41) is 0. The Morgan fingerprint density at radius 1 is 1.22 bits per heavy atom. The van der Waals surface area contributed by atoms with Crippen molar-refractivity contribution in [3.63, 3.8) is 0 Å². The molecule has 2 rings (SSSR count). The van der Waals surface area contributed by atoms with Gasteiger partial charge in [-0.1, -0.05) is 25.7 Å². The molecule has 1 aromatic rings. The number of hydrogen-bond donors (Lipinski definition) is 1. The molecule has 102 valence electrons. The molecule has 3 nitrogen and oxygen atoms in total. The van der Waals surface area contributed by atoms with Crippen LogP contribution in [0.5, 0.6) is 0 Å². The molecule has 3 heteroatoms. The first-order valence-corrected chi connectivity index (χ1v) is 7.14. The van der Waals surface area contributed by atoms with E-state index in [1.165, 1.54) is 25.7 Å². The van der Waals surface area contributed by atoms with Crippen molar-refractivity contribution >= 4 is 0 Å². The van der Waals surface area contributed by atoms with Crippen molar-refractivity contribution in [1.82, 2.24) is 0 Å². The van der Waals surface area contributed by atoms with Gasteiger partial charge in [0, 0.05) is 6.04 Å². The summed E-state index contributed by atoms with van der Waals surface area (Å²) in [4.78, 5) is 0. The molecule has 0 bridgehead atoms. The molecule has 0 saturated heterocycles. The van der Waals surface area contributed by atoms with E-state index in [-0.39, 0.29) is 12.1 Å². The van der Waals surface area contributed by atoms with Crippen LogP contribution < -0.4 is 5.73 Å². The highest BCUT2D eigenvalue weighted by Crippen LogP contribution is 2.29. The molecule has 0 amide bonds. The van der Waals surface area contributed by atoms with Gasteiger partial charge in [0.1, 0.15) is 17.6 Å². The number of rotatable bonds is 4. The second-order valence-electron chi connectivity index (χ2n) is 5.48. The van der Waals surface area contributed by atoms with Crippen LogP contribution in [-0.4, -0.2) is 12.1 Å². The molecular formula is C15H25NO2. The van der Waals surface area contributed by atoms with Crippen molar-refractivity contribution in [3.05, 3.63) is 23.7 Å². The van der Waals surface area contributed by atoms with E-state index in [2.05, 4.69) is 0 Å². The van der Waals surface area contributed by atoms with E-state index in [0.717, 1.165) is 24.4 Å². The molecule has 1 saturated carbocycles. The molecule has 0 aromatic carbocycles. The second-order valence-corrected chi connectivity index (χ2v) is 5.48. The van der Waals surface area contributed by atoms with Crippen LogP contribution in [0.4, 0.5) is 0 Å². The quantitative estimate of drug-likeness (QED) is 0.830. The summed E-state index contributed by atoms with van der Waals surface area (Å²) < 4.78 is 11.9. The fourth-order valence-electron chi connectivity index (χ4n) is 2.64. The van der Waals surface area contributed by atoms with Gasteiger partial charge in [-0.05, 0) is 38.8 Å². The van der Waals surface area contributed by atoms with Crippen LogP contribution in [0, 0.1) is 6.92 Å². The van der Waals surface area contributed by atoms with E-state index in [0.29, 0.717) is 6.10 Å². The highest BCUT2D eigenvalue weighted by atomic mass is 16.5. The van der Waals surface area contributed by atoms with Crippen molar-refractivity contribution in [2.24, 2.45) is 5.73 Å². The van der Waals surface area contributed by atoms with Crippen molar-refractivity contribution in [3.8, 4) is 0 Å². The predicted molar refractivity (Wildman–Crippen MR) is 72.4 cm³/mol. The molecule has 1 heterocycles. The zero-order valence-corrected chi connectivity index (χ0v) is 11.5. The average molecular weight is 251 g/mol. The van der Waals surface area contributed by atoms with Crippen molar-refractivity contribution in [2.75, 3.05) is 0 Å². The maximum absolute atomic E-state index is 6.21. The largest absolute Gasteiger partial charge is 0.464 e. The highest BCUT2D eigenvalue weighted by Gasteiger charge is 2.25. The number of furan rings is 1. The summed E-state index contributed by atoms with van der Waals surface area (Å²) in [7, 11) is 0. The first-order valence-electron chi connectivity index (χ1n) is 7.14. The summed E-state index contributed by atoms with van der Waals surface area (Å²) in [5.74, 6) is 1.78. The molecule has 1 aliphatic carbocycles. The zero-order chi connectivity index (χ0) is 13.0. The summed E-state index contributed by atoms with van der Waals surface area (Å²) in [6.07, 6.45) is 7.76. The molecule has 0 spiro atoms. The van der Waals surface area contributed by atoms with Crippen LogP contribution in [0.2, 0.25) is 0 Å². The Balaban J connectivity index is 2.01. The SMILES string of the molecule is Cc1ccc(C(OC2CCCCCC2)C(C)N)o1. The summed E-state index contributed by atoms with van der Waals surface area (Å²) in [6.45, 7) is 3.94. The molecule has 2 unspecified atom stereocenters. The normalized spacial score (nSPS) is 21.5. The molecule has 18 heavy (non-hydrogen) atoms. The lowest BCUT2D eigenvalue weighted by atomic mass is 10.1. The maximum atomic E-state index is 6.21. The van der Waals surface area contributed by atoms with Crippen LogP contribution in [0.1, 0.15) is 63.1 Å².